The first-order valence-electron chi connectivity index (χ1n) is 8.24. The first-order chi connectivity index (χ1) is 11.6. The lowest BCUT2D eigenvalue weighted by Gasteiger charge is -2.17. The van der Waals surface area contributed by atoms with Crippen molar-refractivity contribution in [2.45, 2.75) is 44.0 Å². The van der Waals surface area contributed by atoms with Crippen LogP contribution < -0.4 is 11.1 Å². The number of amides is 1. The molecule has 1 aromatic carbocycles. The molecular weight excluding hydrogens is 342 g/mol. The third-order valence-corrected chi connectivity index (χ3v) is 5.64. The van der Waals surface area contributed by atoms with Crippen LogP contribution in [0.3, 0.4) is 0 Å². The van der Waals surface area contributed by atoms with E-state index in [-0.39, 0.29) is 35.6 Å². The molecule has 1 atom stereocenters. The van der Waals surface area contributed by atoms with Gasteiger partial charge in [0.05, 0.1) is 4.90 Å². The number of carbonyl (C=O) groups excluding carboxylic acids is 2. The van der Waals surface area contributed by atoms with Gasteiger partial charge in [-0.15, -0.1) is 0 Å². The summed E-state index contributed by atoms with van der Waals surface area (Å²) in [6, 6.07) is 5.86. The average molecular weight is 369 g/mol. The number of rotatable bonds is 10. The minimum Gasteiger partial charge on any atom is -0.356 e. The highest BCUT2D eigenvalue weighted by Crippen LogP contribution is 2.16. The van der Waals surface area contributed by atoms with Crippen LogP contribution in [0.5, 0.6) is 0 Å². The van der Waals surface area contributed by atoms with Gasteiger partial charge in [0.1, 0.15) is 0 Å². The van der Waals surface area contributed by atoms with Gasteiger partial charge in [0.25, 0.3) is 0 Å². The second-order valence-electron chi connectivity index (χ2n) is 6.13. The summed E-state index contributed by atoms with van der Waals surface area (Å²) in [6.45, 7) is 4.05. The van der Waals surface area contributed by atoms with Gasteiger partial charge in [-0.1, -0.05) is 12.1 Å². The summed E-state index contributed by atoms with van der Waals surface area (Å²) in [4.78, 5) is 23.1. The Morgan fingerprint density at radius 2 is 1.84 bits per heavy atom. The molecule has 140 valence electrons. The van der Waals surface area contributed by atoms with Crippen molar-refractivity contribution in [3.8, 4) is 0 Å². The summed E-state index contributed by atoms with van der Waals surface area (Å²) in [5.74, 6) is -0.232. The highest BCUT2D eigenvalue weighted by atomic mass is 32.2. The van der Waals surface area contributed by atoms with Crippen LogP contribution in [0.25, 0.3) is 0 Å². The van der Waals surface area contributed by atoms with Crippen molar-refractivity contribution in [3.05, 3.63) is 29.8 Å². The molecule has 25 heavy (non-hydrogen) atoms. The predicted molar refractivity (Wildman–Crippen MR) is 96.8 cm³/mol. The Morgan fingerprint density at radius 3 is 2.36 bits per heavy atom. The smallest absolute Gasteiger partial charge is 0.242 e. The Morgan fingerprint density at radius 1 is 1.24 bits per heavy atom. The number of Topliss-reactive ketones (excluding diaryl/α,β-unsaturated/α-hetero) is 1. The summed E-state index contributed by atoms with van der Waals surface area (Å²) in [5, 5.41) is 2.76. The lowest BCUT2D eigenvalue weighted by Crippen LogP contribution is -2.31. The minimum absolute atomic E-state index is 0.0333. The zero-order valence-electron chi connectivity index (χ0n) is 15.0. The molecule has 0 heterocycles. The summed E-state index contributed by atoms with van der Waals surface area (Å²) in [7, 11) is -2.16. The van der Waals surface area contributed by atoms with E-state index in [0.29, 0.717) is 24.9 Å². The molecule has 0 radical (unpaired) electrons. The van der Waals surface area contributed by atoms with Crippen molar-refractivity contribution in [1.29, 1.82) is 0 Å². The normalized spacial score (nSPS) is 12.8. The first kappa shape index (κ1) is 21.3. The Labute approximate surface area is 149 Å². The highest BCUT2D eigenvalue weighted by Gasteiger charge is 2.20. The van der Waals surface area contributed by atoms with Gasteiger partial charge in [-0.05, 0) is 38.8 Å². The van der Waals surface area contributed by atoms with Crippen LogP contribution in [0.2, 0.25) is 0 Å². The van der Waals surface area contributed by atoms with Crippen LogP contribution in [0.1, 0.15) is 43.5 Å². The fraction of sp³-hybridized carbons (Fsp3) is 0.529. The topological polar surface area (TPSA) is 110 Å². The van der Waals surface area contributed by atoms with Crippen LogP contribution in [-0.4, -0.2) is 50.6 Å². The maximum atomic E-state index is 12.5. The molecule has 0 bridgehead atoms. The molecule has 0 fully saturated rings. The number of carbonyl (C=O) groups is 2. The number of ketones is 1. The van der Waals surface area contributed by atoms with Crippen LogP contribution in [-0.2, 0) is 14.8 Å². The van der Waals surface area contributed by atoms with Gasteiger partial charge in [0.2, 0.25) is 15.9 Å². The molecule has 0 saturated heterocycles. The molecule has 1 unspecified atom stereocenters. The number of benzene rings is 1. The Bertz CT molecular complexity index is 684. The van der Waals surface area contributed by atoms with Crippen molar-refractivity contribution in [2.24, 2.45) is 5.73 Å². The van der Waals surface area contributed by atoms with Gasteiger partial charge >= 0.3 is 0 Å². The Balaban J connectivity index is 2.51. The third-order valence-electron chi connectivity index (χ3n) is 3.77. The lowest BCUT2D eigenvalue weighted by atomic mass is 10.2. The largest absolute Gasteiger partial charge is 0.356 e. The zero-order valence-corrected chi connectivity index (χ0v) is 15.8. The molecule has 0 saturated carbocycles. The molecule has 1 aromatic rings. The minimum atomic E-state index is -3.63. The average Bonchev–Trinajstić information content (AvgIpc) is 2.54. The van der Waals surface area contributed by atoms with Crippen LogP contribution in [0.4, 0.5) is 0 Å². The highest BCUT2D eigenvalue weighted by molar-refractivity contribution is 7.89. The van der Waals surface area contributed by atoms with Crippen molar-refractivity contribution >= 4 is 21.7 Å². The van der Waals surface area contributed by atoms with Crippen molar-refractivity contribution in [1.82, 2.24) is 9.62 Å². The van der Waals surface area contributed by atoms with Crippen LogP contribution in [0.15, 0.2) is 29.2 Å². The molecule has 1 amide bonds. The second kappa shape index (κ2) is 9.65. The molecule has 0 aliphatic carbocycles. The van der Waals surface area contributed by atoms with Gasteiger partial charge in [-0.2, -0.15) is 0 Å². The number of nitrogens with zero attached hydrogens (tertiary/aromatic N) is 1. The van der Waals surface area contributed by atoms with E-state index in [2.05, 4.69) is 5.32 Å². The van der Waals surface area contributed by atoms with Crippen molar-refractivity contribution < 1.29 is 18.0 Å². The van der Waals surface area contributed by atoms with E-state index in [9.17, 15) is 18.0 Å². The molecular formula is C17H27N3O4S. The van der Waals surface area contributed by atoms with Gasteiger partial charge in [-0.25, -0.2) is 12.7 Å². The van der Waals surface area contributed by atoms with Gasteiger partial charge in [-0.3, -0.25) is 9.59 Å². The number of nitrogens with two attached hydrogens (primary N) is 1. The molecule has 0 aromatic heterocycles. The number of nitrogens with one attached hydrogen (secondary N) is 1. The standard InChI is InChI=1S/C17H27N3O4S/c1-13(18)10-11-19-17(22)5-4-12-20(3)25(23,24)16-8-6-15(7-9-16)14(2)21/h6-9,13H,4-5,10-12,18H2,1-3H3,(H,19,22). The van der Waals surface area contributed by atoms with E-state index in [0.717, 1.165) is 0 Å². The van der Waals surface area contributed by atoms with Crippen LogP contribution in [0, 0.1) is 0 Å². The first-order valence-corrected chi connectivity index (χ1v) is 9.68. The van der Waals surface area contributed by atoms with E-state index in [1.165, 1.54) is 42.5 Å². The van der Waals surface area contributed by atoms with Crippen LogP contribution >= 0.6 is 0 Å². The molecule has 0 aliphatic heterocycles. The molecule has 0 spiro atoms. The monoisotopic (exact) mass is 369 g/mol. The molecule has 0 aliphatic rings. The van der Waals surface area contributed by atoms with Crippen molar-refractivity contribution in [2.75, 3.05) is 20.1 Å². The van der Waals surface area contributed by atoms with Crippen molar-refractivity contribution in [3.63, 3.8) is 0 Å². The Kier molecular flexibility index (Phi) is 8.21. The SMILES string of the molecule is CC(=O)c1ccc(S(=O)(=O)N(C)CCCC(=O)NCCC(C)N)cc1. The van der Waals surface area contributed by atoms with Gasteiger partial charge in [0, 0.05) is 38.2 Å². The fourth-order valence-corrected chi connectivity index (χ4v) is 3.36. The molecule has 1 rings (SSSR count). The molecule has 3 N–H and O–H groups in total. The van der Waals surface area contributed by atoms with E-state index in [1.54, 1.807) is 0 Å². The van der Waals surface area contributed by atoms with Gasteiger partial charge < -0.3 is 11.1 Å². The molecule has 8 heteroatoms. The molecule has 7 nitrogen and oxygen atoms in total. The van der Waals surface area contributed by atoms with E-state index >= 15 is 0 Å². The second-order valence-corrected chi connectivity index (χ2v) is 8.17. The zero-order chi connectivity index (χ0) is 19.0. The van der Waals surface area contributed by atoms with Gasteiger partial charge in [0.15, 0.2) is 5.78 Å². The predicted octanol–water partition coefficient (Wildman–Crippen LogP) is 1.14. The number of hydrogen-bond donors (Lipinski definition) is 2. The Hall–Kier alpha value is -1.77. The summed E-state index contributed by atoms with van der Waals surface area (Å²) >= 11 is 0. The lowest BCUT2D eigenvalue weighted by molar-refractivity contribution is -0.121. The number of hydrogen-bond acceptors (Lipinski definition) is 5. The third kappa shape index (κ3) is 6.93. The van der Waals surface area contributed by atoms with E-state index in [1.807, 2.05) is 6.92 Å². The summed E-state index contributed by atoms with van der Waals surface area (Å²) < 4.78 is 26.1. The summed E-state index contributed by atoms with van der Waals surface area (Å²) in [5.41, 5.74) is 6.07. The van der Waals surface area contributed by atoms with E-state index in [4.69, 9.17) is 5.73 Å². The maximum absolute atomic E-state index is 12.5. The maximum Gasteiger partial charge on any atom is 0.242 e. The number of sulfonamides is 1. The summed E-state index contributed by atoms with van der Waals surface area (Å²) in [6.07, 6.45) is 1.38. The van der Waals surface area contributed by atoms with E-state index < -0.39 is 10.0 Å². The quantitative estimate of drug-likeness (QED) is 0.601. The fourth-order valence-electron chi connectivity index (χ4n) is 2.15.